The van der Waals surface area contributed by atoms with Gasteiger partial charge in [0.05, 0.1) is 32.2 Å². The zero-order valence-electron chi connectivity index (χ0n) is 28.4. The van der Waals surface area contributed by atoms with Crippen LogP contribution in [-0.2, 0) is 16.0 Å². The lowest BCUT2D eigenvalue weighted by atomic mass is 9.84. The van der Waals surface area contributed by atoms with E-state index in [1.165, 1.54) is 4.90 Å². The minimum Gasteiger partial charge on any atom is -0.493 e. The third-order valence-electron chi connectivity index (χ3n) is 9.95. The molecular weight excluding hydrogens is 633 g/mol. The minimum atomic E-state index is -0.703. The Labute approximate surface area is 287 Å². The summed E-state index contributed by atoms with van der Waals surface area (Å²) < 4.78 is 27.8. The summed E-state index contributed by atoms with van der Waals surface area (Å²) in [4.78, 5) is 38.1. The van der Waals surface area contributed by atoms with Gasteiger partial charge in [0.1, 0.15) is 11.5 Å². The van der Waals surface area contributed by atoms with Crippen LogP contribution in [0.4, 0.5) is 15.9 Å². The van der Waals surface area contributed by atoms with Crippen molar-refractivity contribution in [3.05, 3.63) is 76.2 Å². The number of hydrogen-bond acceptors (Lipinski definition) is 7. The van der Waals surface area contributed by atoms with Gasteiger partial charge in [0, 0.05) is 44.8 Å². The Kier molecular flexibility index (Phi) is 10.1. The largest absolute Gasteiger partial charge is 0.493 e. The number of pyridine rings is 1. The predicted octanol–water partition coefficient (Wildman–Crippen LogP) is 6.12. The van der Waals surface area contributed by atoms with Crippen molar-refractivity contribution in [1.82, 2.24) is 14.8 Å². The van der Waals surface area contributed by atoms with Gasteiger partial charge in [-0.1, -0.05) is 23.7 Å². The summed E-state index contributed by atoms with van der Waals surface area (Å²) >= 11 is 6.24. The summed E-state index contributed by atoms with van der Waals surface area (Å²) in [6, 6.07) is 14.3. The molecule has 1 atom stereocenters. The number of halogens is 2. The maximum atomic E-state index is 16.1. The molecule has 48 heavy (non-hydrogen) atoms. The van der Waals surface area contributed by atoms with E-state index in [0.29, 0.717) is 40.8 Å². The maximum absolute atomic E-state index is 16.1. The third kappa shape index (κ3) is 7.10. The molecule has 1 aliphatic carbocycles. The van der Waals surface area contributed by atoms with Crippen molar-refractivity contribution in [2.45, 2.75) is 64.1 Å². The topological polar surface area (TPSA) is 78.5 Å². The molecule has 3 heterocycles. The molecule has 1 saturated heterocycles. The van der Waals surface area contributed by atoms with Crippen molar-refractivity contribution in [3.63, 3.8) is 0 Å². The van der Waals surface area contributed by atoms with Crippen molar-refractivity contribution >= 4 is 34.9 Å². The molecule has 2 aromatic carbocycles. The van der Waals surface area contributed by atoms with Crippen LogP contribution in [0.2, 0.25) is 5.02 Å². The smallest absolute Gasteiger partial charge is 0.238 e. The van der Waals surface area contributed by atoms with Crippen molar-refractivity contribution in [2.24, 2.45) is 5.92 Å². The third-order valence-corrected chi connectivity index (χ3v) is 10.2. The number of piperazine rings is 1. The second-order valence-corrected chi connectivity index (χ2v) is 14.0. The Balaban J connectivity index is 1.22. The molecule has 0 spiro atoms. The molecule has 6 rings (SSSR count). The number of carbonyl (C=O) groups is 2. The minimum absolute atomic E-state index is 0.0732. The van der Waals surface area contributed by atoms with Crippen LogP contribution in [0.3, 0.4) is 0 Å². The van der Waals surface area contributed by atoms with Gasteiger partial charge in [-0.05, 0) is 98.5 Å². The number of benzene rings is 2. The van der Waals surface area contributed by atoms with Crippen molar-refractivity contribution in [3.8, 4) is 11.5 Å². The average Bonchev–Trinajstić information content (AvgIpc) is 3.06. The number of carbonyl (C=O) groups excluding carboxylic acids is 2. The second-order valence-electron chi connectivity index (χ2n) is 13.6. The normalized spacial score (nSPS) is 21.8. The first-order valence-corrected chi connectivity index (χ1v) is 17.2. The van der Waals surface area contributed by atoms with Crippen LogP contribution in [0.25, 0.3) is 0 Å². The van der Waals surface area contributed by atoms with Crippen LogP contribution in [0.5, 0.6) is 11.5 Å². The summed E-state index contributed by atoms with van der Waals surface area (Å²) in [5, 5.41) is 0.564. The van der Waals surface area contributed by atoms with Gasteiger partial charge < -0.3 is 19.3 Å². The highest BCUT2D eigenvalue weighted by Gasteiger charge is 2.38. The molecule has 0 N–H and O–H groups in total. The van der Waals surface area contributed by atoms with Crippen LogP contribution in [0.15, 0.2) is 48.5 Å². The van der Waals surface area contributed by atoms with Crippen LogP contribution in [0, 0.1) is 11.9 Å². The molecule has 2 fully saturated rings. The molecule has 3 aromatic rings. The van der Waals surface area contributed by atoms with Gasteiger partial charge in [0.25, 0.3) is 0 Å². The number of ether oxygens (including phenoxy) is 2. The maximum Gasteiger partial charge on any atom is 0.238 e. The van der Waals surface area contributed by atoms with Crippen LogP contribution in [-0.4, -0.2) is 86.1 Å². The number of likely N-dealkylation sites (N-methyl/N-ethyl adjacent to an activating group) is 1. The van der Waals surface area contributed by atoms with E-state index >= 15 is 4.39 Å². The number of hydrogen-bond donors (Lipinski definition) is 0. The van der Waals surface area contributed by atoms with E-state index < -0.39 is 12.0 Å². The van der Waals surface area contributed by atoms with Gasteiger partial charge in [-0.3, -0.25) is 19.4 Å². The Morgan fingerprint density at radius 2 is 1.73 bits per heavy atom. The lowest BCUT2D eigenvalue weighted by molar-refractivity contribution is -0.135. The summed E-state index contributed by atoms with van der Waals surface area (Å²) in [7, 11) is 5.38. The van der Waals surface area contributed by atoms with E-state index in [1.54, 1.807) is 31.4 Å². The van der Waals surface area contributed by atoms with Gasteiger partial charge >= 0.3 is 0 Å². The monoisotopic (exact) mass is 677 g/mol. The van der Waals surface area contributed by atoms with Gasteiger partial charge in [0.15, 0.2) is 11.5 Å². The number of aromatic nitrogens is 1. The summed E-state index contributed by atoms with van der Waals surface area (Å²) in [5.41, 5.74) is 2.52. The van der Waals surface area contributed by atoms with Gasteiger partial charge in [0.2, 0.25) is 17.8 Å². The Bertz CT molecular complexity index is 1650. The molecule has 3 aliphatic rings. The molecule has 11 heteroatoms. The fourth-order valence-electron chi connectivity index (χ4n) is 7.38. The van der Waals surface area contributed by atoms with Crippen LogP contribution in [0.1, 0.15) is 62.3 Å². The fourth-order valence-corrected chi connectivity index (χ4v) is 7.51. The van der Waals surface area contributed by atoms with E-state index in [9.17, 15) is 9.59 Å². The lowest BCUT2D eigenvalue weighted by Gasteiger charge is -2.41. The first kappa shape index (κ1) is 34.0. The van der Waals surface area contributed by atoms with E-state index in [-0.39, 0.29) is 30.0 Å². The van der Waals surface area contributed by atoms with Crippen molar-refractivity contribution < 1.29 is 23.5 Å². The van der Waals surface area contributed by atoms with Gasteiger partial charge in [-0.25, -0.2) is 4.98 Å². The number of nitrogens with zero attached hydrogens (tertiary/aromatic N) is 5. The highest BCUT2D eigenvalue weighted by Crippen LogP contribution is 2.44. The van der Waals surface area contributed by atoms with Crippen molar-refractivity contribution in [1.29, 1.82) is 0 Å². The lowest BCUT2D eigenvalue weighted by Crippen LogP contribution is -2.53. The van der Waals surface area contributed by atoms with E-state index in [2.05, 4.69) is 9.88 Å². The fraction of sp³-hybridized carbons (Fsp3) is 0.486. The quantitative estimate of drug-likeness (QED) is 0.253. The van der Waals surface area contributed by atoms with Crippen molar-refractivity contribution in [2.75, 3.05) is 57.2 Å². The first-order valence-electron chi connectivity index (χ1n) is 16.8. The van der Waals surface area contributed by atoms with Crippen LogP contribution >= 0.6 is 11.6 Å². The highest BCUT2D eigenvalue weighted by molar-refractivity contribution is 6.30. The second kappa shape index (κ2) is 14.3. The van der Waals surface area contributed by atoms with Gasteiger partial charge in [-0.15, -0.1) is 0 Å². The summed E-state index contributed by atoms with van der Waals surface area (Å²) in [6.07, 6.45) is 4.18. The molecule has 2 aliphatic heterocycles. The Morgan fingerprint density at radius 3 is 2.38 bits per heavy atom. The van der Waals surface area contributed by atoms with Crippen LogP contribution < -0.4 is 19.3 Å². The molecule has 1 unspecified atom stereocenters. The highest BCUT2D eigenvalue weighted by atomic mass is 35.5. The molecule has 0 radical (unpaired) electrons. The van der Waals surface area contributed by atoms with Gasteiger partial charge in [-0.2, -0.15) is 4.39 Å². The van der Waals surface area contributed by atoms with E-state index in [1.807, 2.05) is 62.0 Å². The molecule has 256 valence electrons. The Morgan fingerprint density at radius 1 is 1.00 bits per heavy atom. The van der Waals surface area contributed by atoms with E-state index in [4.69, 9.17) is 21.1 Å². The average molecular weight is 678 g/mol. The first-order chi connectivity index (χ1) is 23.0. The molecule has 1 saturated carbocycles. The molecular formula is C37H45ClFN5O4. The number of rotatable bonds is 9. The number of anilines is 2. The zero-order valence-corrected chi connectivity index (χ0v) is 29.2. The number of methoxy groups -OCH3 is 1. The summed E-state index contributed by atoms with van der Waals surface area (Å²) in [5.74, 6) is 1.32. The summed E-state index contributed by atoms with van der Waals surface area (Å²) in [6.45, 7) is 6.85. The molecule has 9 nitrogen and oxygen atoms in total. The van der Waals surface area contributed by atoms with E-state index in [0.717, 1.165) is 62.0 Å². The molecule has 1 aromatic heterocycles. The SMILES string of the molecule is COc1cc2c(cc1OC(C)C)C(c1ccc(Cl)cc1)N(c1ccc(N(C)CC3CCC(N4CCN(C)C(=O)C4)CC3)nc1F)C(=O)C2. The number of fused-ring (bicyclic) bond motifs is 1. The Hall–Kier alpha value is -3.89. The number of amides is 2. The molecule has 2 amide bonds. The standard InChI is InChI=1S/C37H45ClFN5O4/c1-23(2)48-32-20-29-26(18-31(32)47-5)19-34(45)44(36(29)25-8-10-27(38)11-9-25)30-14-15-33(40-37(30)39)42(4)21-24-6-12-28(13-7-24)43-17-16-41(3)35(46)22-43/h8-11,14-15,18,20,23-24,28,36H,6-7,12-13,16-17,19,21-22H2,1-5H3. The predicted molar refractivity (Wildman–Crippen MR) is 186 cm³/mol. The zero-order chi connectivity index (χ0) is 34.1. The molecule has 0 bridgehead atoms.